The fourth-order valence-corrected chi connectivity index (χ4v) is 2.95. The number of carbonyl (C=O) groups excluding carboxylic acids is 1. The molecule has 5 heteroatoms. The Morgan fingerprint density at radius 1 is 1.00 bits per heavy atom. The fraction of sp³-hybridized carbons (Fsp3) is 0.111. The summed E-state index contributed by atoms with van der Waals surface area (Å²) in [6, 6.07) is 19.3. The number of hydrogen-bond donors (Lipinski definition) is 2. The van der Waals surface area contributed by atoms with E-state index in [9.17, 15) is 4.79 Å². The van der Waals surface area contributed by atoms with E-state index in [-0.39, 0.29) is 6.03 Å². The minimum atomic E-state index is -0.198. The average molecular weight is 323 g/mol. The third kappa shape index (κ3) is 4.40. The summed E-state index contributed by atoms with van der Waals surface area (Å²) in [6.07, 6.45) is 0.722. The zero-order chi connectivity index (χ0) is 15.9. The molecule has 2 N–H and O–H groups in total. The van der Waals surface area contributed by atoms with Gasteiger partial charge in [0.1, 0.15) is 0 Å². The van der Waals surface area contributed by atoms with Gasteiger partial charge in [-0.05, 0) is 12.1 Å². The smallest absolute Gasteiger partial charge is 0.319 e. The van der Waals surface area contributed by atoms with E-state index >= 15 is 0 Å². The molecule has 0 aliphatic heterocycles. The van der Waals surface area contributed by atoms with Crippen LogP contribution in [-0.2, 0) is 6.42 Å². The molecule has 0 atom stereocenters. The van der Waals surface area contributed by atoms with Gasteiger partial charge in [-0.15, -0.1) is 11.3 Å². The summed E-state index contributed by atoms with van der Waals surface area (Å²) in [4.78, 5) is 16.4. The van der Waals surface area contributed by atoms with Crippen LogP contribution in [0.5, 0.6) is 0 Å². The van der Waals surface area contributed by atoms with Crippen LogP contribution < -0.4 is 10.6 Å². The number of rotatable bonds is 5. The monoisotopic (exact) mass is 323 g/mol. The number of amides is 2. The van der Waals surface area contributed by atoms with Crippen molar-refractivity contribution < 1.29 is 4.79 Å². The van der Waals surface area contributed by atoms with E-state index in [1.54, 1.807) is 11.3 Å². The number of benzene rings is 2. The third-order valence-corrected chi connectivity index (χ3v) is 4.19. The van der Waals surface area contributed by atoms with Crippen molar-refractivity contribution in [1.29, 1.82) is 0 Å². The Bertz CT molecular complexity index is 756. The first-order chi connectivity index (χ1) is 11.3. The number of urea groups is 1. The Morgan fingerprint density at radius 2 is 1.70 bits per heavy atom. The van der Waals surface area contributed by atoms with Gasteiger partial charge in [0, 0.05) is 29.6 Å². The van der Waals surface area contributed by atoms with Gasteiger partial charge in [0.15, 0.2) is 0 Å². The minimum Gasteiger partial charge on any atom is -0.337 e. The highest BCUT2D eigenvalue weighted by atomic mass is 32.1. The average Bonchev–Trinajstić information content (AvgIpc) is 3.05. The van der Waals surface area contributed by atoms with E-state index in [1.165, 1.54) is 0 Å². The van der Waals surface area contributed by atoms with Crippen LogP contribution in [0.2, 0.25) is 0 Å². The van der Waals surface area contributed by atoms with Crippen molar-refractivity contribution in [2.75, 3.05) is 11.9 Å². The Labute approximate surface area is 139 Å². The molecule has 0 unspecified atom stereocenters. The number of hydrogen-bond acceptors (Lipinski definition) is 3. The molecule has 2 aromatic carbocycles. The van der Waals surface area contributed by atoms with Crippen molar-refractivity contribution in [2.45, 2.75) is 6.42 Å². The highest BCUT2D eigenvalue weighted by Gasteiger charge is 2.05. The van der Waals surface area contributed by atoms with E-state index in [0.29, 0.717) is 6.54 Å². The van der Waals surface area contributed by atoms with Gasteiger partial charge in [-0.3, -0.25) is 0 Å². The third-order valence-electron chi connectivity index (χ3n) is 3.28. The zero-order valence-corrected chi connectivity index (χ0v) is 13.3. The molecule has 116 valence electrons. The second-order valence-electron chi connectivity index (χ2n) is 4.99. The molecule has 2 amide bonds. The Balaban J connectivity index is 1.48. The molecule has 1 heterocycles. The molecular formula is C18H17N3OS. The predicted octanol–water partition coefficient (Wildman–Crippen LogP) is 4.17. The molecule has 3 aromatic rings. The molecule has 0 spiro atoms. The molecule has 3 rings (SSSR count). The number of thiazole rings is 1. The predicted molar refractivity (Wildman–Crippen MR) is 94.7 cm³/mol. The van der Waals surface area contributed by atoms with Crippen molar-refractivity contribution in [3.05, 3.63) is 71.1 Å². The highest BCUT2D eigenvalue weighted by Crippen LogP contribution is 2.21. The number of para-hydroxylation sites is 1. The van der Waals surface area contributed by atoms with Gasteiger partial charge in [-0.2, -0.15) is 0 Å². The van der Waals surface area contributed by atoms with Gasteiger partial charge >= 0.3 is 6.03 Å². The SMILES string of the molecule is O=C(NCCc1nc(-c2ccccc2)cs1)Nc1ccccc1. The van der Waals surface area contributed by atoms with Crippen LogP contribution in [0.1, 0.15) is 5.01 Å². The summed E-state index contributed by atoms with van der Waals surface area (Å²) in [7, 11) is 0. The zero-order valence-electron chi connectivity index (χ0n) is 12.5. The summed E-state index contributed by atoms with van der Waals surface area (Å²) in [5, 5.41) is 8.71. The van der Waals surface area contributed by atoms with Gasteiger partial charge in [0.05, 0.1) is 10.7 Å². The van der Waals surface area contributed by atoms with Crippen molar-refractivity contribution >= 4 is 23.1 Å². The lowest BCUT2D eigenvalue weighted by molar-refractivity contribution is 0.252. The van der Waals surface area contributed by atoms with Crippen LogP contribution in [0.25, 0.3) is 11.3 Å². The van der Waals surface area contributed by atoms with Gasteiger partial charge < -0.3 is 10.6 Å². The Hall–Kier alpha value is -2.66. The second kappa shape index (κ2) is 7.56. The summed E-state index contributed by atoms with van der Waals surface area (Å²) < 4.78 is 0. The van der Waals surface area contributed by atoms with E-state index in [1.807, 2.05) is 60.7 Å². The van der Waals surface area contributed by atoms with Crippen LogP contribution in [0, 0.1) is 0 Å². The van der Waals surface area contributed by atoms with Crippen molar-refractivity contribution in [3.63, 3.8) is 0 Å². The summed E-state index contributed by atoms with van der Waals surface area (Å²) in [5.41, 5.74) is 2.88. The molecule has 23 heavy (non-hydrogen) atoms. The maximum absolute atomic E-state index is 11.8. The van der Waals surface area contributed by atoms with Crippen LogP contribution >= 0.6 is 11.3 Å². The van der Waals surface area contributed by atoms with Gasteiger partial charge in [0.25, 0.3) is 0 Å². The maximum atomic E-state index is 11.8. The number of nitrogens with one attached hydrogen (secondary N) is 2. The summed E-state index contributed by atoms with van der Waals surface area (Å²) in [6.45, 7) is 0.556. The first-order valence-electron chi connectivity index (χ1n) is 7.41. The van der Waals surface area contributed by atoms with Crippen LogP contribution in [0.3, 0.4) is 0 Å². The quantitative estimate of drug-likeness (QED) is 0.740. The fourth-order valence-electron chi connectivity index (χ4n) is 2.15. The summed E-state index contributed by atoms with van der Waals surface area (Å²) in [5.74, 6) is 0. The molecule has 1 aromatic heterocycles. The Morgan fingerprint density at radius 3 is 2.43 bits per heavy atom. The van der Waals surface area contributed by atoms with E-state index < -0.39 is 0 Å². The number of carbonyl (C=O) groups is 1. The topological polar surface area (TPSA) is 54.0 Å². The molecule has 0 radical (unpaired) electrons. The molecule has 4 nitrogen and oxygen atoms in total. The van der Waals surface area contributed by atoms with Crippen molar-refractivity contribution in [1.82, 2.24) is 10.3 Å². The minimum absolute atomic E-state index is 0.198. The normalized spacial score (nSPS) is 10.3. The number of nitrogens with zero attached hydrogens (tertiary/aromatic N) is 1. The van der Waals surface area contributed by atoms with E-state index in [4.69, 9.17) is 0 Å². The molecule has 0 aliphatic carbocycles. The first kappa shape index (κ1) is 15.2. The van der Waals surface area contributed by atoms with Crippen molar-refractivity contribution in [3.8, 4) is 11.3 Å². The van der Waals surface area contributed by atoms with Crippen LogP contribution in [-0.4, -0.2) is 17.6 Å². The van der Waals surface area contributed by atoms with E-state index in [0.717, 1.165) is 28.4 Å². The van der Waals surface area contributed by atoms with Crippen LogP contribution in [0.4, 0.5) is 10.5 Å². The molecule has 0 fully saturated rings. The molecule has 0 saturated carbocycles. The Kier molecular flexibility index (Phi) is 5.01. The van der Waals surface area contributed by atoms with E-state index in [2.05, 4.69) is 21.0 Å². The standard InChI is InChI=1S/C18H17N3OS/c22-18(20-15-9-5-2-6-10-15)19-12-11-17-21-16(13-23-17)14-7-3-1-4-8-14/h1-10,13H,11-12H2,(H2,19,20,22). The summed E-state index contributed by atoms with van der Waals surface area (Å²) >= 11 is 1.62. The van der Waals surface area contributed by atoms with Crippen LogP contribution in [0.15, 0.2) is 66.0 Å². The van der Waals surface area contributed by atoms with Gasteiger partial charge in [0.2, 0.25) is 0 Å². The molecule has 0 aliphatic rings. The van der Waals surface area contributed by atoms with Gasteiger partial charge in [-0.25, -0.2) is 9.78 Å². The molecule has 0 saturated heterocycles. The second-order valence-corrected chi connectivity index (χ2v) is 5.93. The lowest BCUT2D eigenvalue weighted by Crippen LogP contribution is -2.30. The lowest BCUT2D eigenvalue weighted by atomic mass is 10.2. The number of anilines is 1. The number of aromatic nitrogens is 1. The lowest BCUT2D eigenvalue weighted by Gasteiger charge is -2.06. The van der Waals surface area contributed by atoms with Crippen molar-refractivity contribution in [2.24, 2.45) is 0 Å². The molecular weight excluding hydrogens is 306 g/mol. The largest absolute Gasteiger partial charge is 0.337 e. The first-order valence-corrected chi connectivity index (χ1v) is 8.29. The maximum Gasteiger partial charge on any atom is 0.319 e. The highest BCUT2D eigenvalue weighted by molar-refractivity contribution is 7.09. The molecule has 0 bridgehead atoms. The van der Waals surface area contributed by atoms with Gasteiger partial charge in [-0.1, -0.05) is 48.5 Å².